The normalized spacial score (nSPS) is 14.8. The second kappa shape index (κ2) is 9.25. The molecule has 4 aromatic rings. The number of carboxylic acid groups (broad SMARTS) is 1. The fourth-order valence-electron chi connectivity index (χ4n) is 4.94. The summed E-state index contributed by atoms with van der Waals surface area (Å²) in [6.07, 6.45) is 5.66. The van der Waals surface area contributed by atoms with Crippen LogP contribution in [-0.4, -0.2) is 41.0 Å². The van der Waals surface area contributed by atoms with Gasteiger partial charge in [0.1, 0.15) is 5.69 Å². The van der Waals surface area contributed by atoms with Crippen molar-refractivity contribution in [2.75, 3.05) is 5.73 Å². The van der Waals surface area contributed by atoms with Crippen molar-refractivity contribution in [2.45, 2.75) is 51.0 Å². The van der Waals surface area contributed by atoms with Crippen LogP contribution in [0.15, 0.2) is 54.7 Å². The first-order chi connectivity index (χ1) is 16.9. The number of hydrogen-bond acceptors (Lipinski definition) is 7. The summed E-state index contributed by atoms with van der Waals surface area (Å²) in [5, 5.41) is 18.0. The molecule has 178 valence electrons. The zero-order valence-electron chi connectivity index (χ0n) is 19.6. The topological polar surface area (TPSA) is 133 Å². The number of aryl methyl sites for hydroxylation is 1. The second-order valence-corrected chi connectivity index (χ2v) is 9.24. The van der Waals surface area contributed by atoms with Crippen molar-refractivity contribution < 1.29 is 9.90 Å². The number of rotatable bonds is 7. The predicted molar refractivity (Wildman–Crippen MR) is 131 cm³/mol. The number of carboxylic acids is 1. The molecule has 9 heteroatoms. The molecule has 1 aliphatic rings. The molecular weight excluding hydrogens is 442 g/mol. The third-order valence-corrected chi connectivity index (χ3v) is 6.58. The van der Waals surface area contributed by atoms with Crippen LogP contribution in [0.1, 0.15) is 49.1 Å². The molecule has 0 spiro atoms. The van der Waals surface area contributed by atoms with Gasteiger partial charge in [0.2, 0.25) is 5.95 Å². The van der Waals surface area contributed by atoms with Crippen LogP contribution in [0, 0.1) is 6.92 Å². The quantitative estimate of drug-likeness (QED) is 0.415. The molecule has 1 saturated carbocycles. The molecule has 0 radical (unpaired) electrons. The van der Waals surface area contributed by atoms with Gasteiger partial charge in [0.05, 0.1) is 36.2 Å². The highest BCUT2D eigenvalue weighted by Gasteiger charge is 2.39. The molecule has 0 amide bonds. The number of pyridine rings is 1. The van der Waals surface area contributed by atoms with Crippen LogP contribution >= 0.6 is 0 Å². The molecule has 35 heavy (non-hydrogen) atoms. The molecule has 3 aromatic heterocycles. The van der Waals surface area contributed by atoms with Gasteiger partial charge in [-0.1, -0.05) is 47.9 Å². The van der Waals surface area contributed by atoms with E-state index in [0.717, 1.165) is 53.9 Å². The molecule has 0 bridgehead atoms. The maximum Gasteiger partial charge on any atom is 0.304 e. The Morgan fingerprint density at radius 2 is 1.80 bits per heavy atom. The van der Waals surface area contributed by atoms with E-state index in [1.165, 1.54) is 0 Å². The average Bonchev–Trinajstić information content (AvgIpc) is 3.49. The lowest BCUT2D eigenvalue weighted by Gasteiger charge is -2.27. The Balaban J connectivity index is 1.40. The molecule has 1 aliphatic carbocycles. The minimum atomic E-state index is -0.783. The molecule has 3 N–H and O–H groups in total. The summed E-state index contributed by atoms with van der Waals surface area (Å²) in [4.78, 5) is 25.1. The van der Waals surface area contributed by atoms with Gasteiger partial charge in [-0.25, -0.2) is 14.6 Å². The second-order valence-electron chi connectivity index (χ2n) is 9.24. The molecule has 0 saturated heterocycles. The van der Waals surface area contributed by atoms with Crippen LogP contribution in [0.2, 0.25) is 0 Å². The highest BCUT2D eigenvalue weighted by Crippen LogP contribution is 2.43. The fraction of sp³-hybridized carbons (Fsp3) is 0.308. The van der Waals surface area contributed by atoms with Gasteiger partial charge in [-0.05, 0) is 44.0 Å². The maximum absolute atomic E-state index is 11.5. The van der Waals surface area contributed by atoms with E-state index in [2.05, 4.69) is 20.3 Å². The van der Waals surface area contributed by atoms with Crippen molar-refractivity contribution in [2.24, 2.45) is 0 Å². The molecule has 1 aromatic carbocycles. The Hall–Kier alpha value is -4.14. The summed E-state index contributed by atoms with van der Waals surface area (Å²) < 4.78 is 1.70. The van der Waals surface area contributed by atoms with E-state index in [1.807, 2.05) is 55.5 Å². The summed E-state index contributed by atoms with van der Waals surface area (Å²) in [7, 11) is 0. The summed E-state index contributed by atoms with van der Waals surface area (Å²) in [6.45, 7) is 2.44. The molecule has 1 fully saturated rings. The minimum Gasteiger partial charge on any atom is -0.481 e. The molecule has 0 atom stereocenters. The Bertz CT molecular complexity index is 1380. The monoisotopic (exact) mass is 469 g/mol. The summed E-state index contributed by atoms with van der Waals surface area (Å²) in [6, 6.07) is 15.7. The first-order valence-electron chi connectivity index (χ1n) is 11.7. The third kappa shape index (κ3) is 4.89. The van der Waals surface area contributed by atoms with Gasteiger partial charge in [0.25, 0.3) is 0 Å². The molecule has 5 rings (SSSR count). The van der Waals surface area contributed by atoms with E-state index in [4.69, 9.17) is 10.7 Å². The van der Waals surface area contributed by atoms with Crippen LogP contribution in [0.5, 0.6) is 0 Å². The summed E-state index contributed by atoms with van der Waals surface area (Å²) in [5.41, 5.74) is 11.2. The Kier molecular flexibility index (Phi) is 5.98. The molecule has 0 unspecified atom stereocenters. The summed E-state index contributed by atoms with van der Waals surface area (Å²) >= 11 is 0. The van der Waals surface area contributed by atoms with Gasteiger partial charge < -0.3 is 10.8 Å². The van der Waals surface area contributed by atoms with Crippen LogP contribution in [0.4, 0.5) is 5.95 Å². The van der Waals surface area contributed by atoms with Gasteiger partial charge >= 0.3 is 5.97 Å². The Labute approximate surface area is 203 Å². The number of nitrogens with two attached hydrogens (primary N) is 1. The first-order valence-corrected chi connectivity index (χ1v) is 11.7. The van der Waals surface area contributed by atoms with E-state index in [9.17, 15) is 9.90 Å². The molecular formula is C26H27N7O2. The van der Waals surface area contributed by atoms with Crippen molar-refractivity contribution >= 4 is 11.9 Å². The lowest BCUT2D eigenvalue weighted by atomic mass is 9.79. The first kappa shape index (κ1) is 22.6. The van der Waals surface area contributed by atoms with E-state index in [0.29, 0.717) is 17.9 Å². The largest absolute Gasteiger partial charge is 0.481 e. The van der Waals surface area contributed by atoms with Crippen LogP contribution in [0.25, 0.3) is 22.6 Å². The number of carbonyl (C=O) groups is 1. The van der Waals surface area contributed by atoms with Crippen LogP contribution < -0.4 is 5.73 Å². The summed E-state index contributed by atoms with van der Waals surface area (Å²) in [5.74, 6) is -0.614. The highest BCUT2D eigenvalue weighted by molar-refractivity contribution is 5.69. The Morgan fingerprint density at radius 1 is 1.03 bits per heavy atom. The fourth-order valence-corrected chi connectivity index (χ4v) is 4.94. The van der Waals surface area contributed by atoms with Gasteiger partial charge in [-0.3, -0.25) is 9.78 Å². The lowest BCUT2D eigenvalue weighted by Crippen LogP contribution is -2.27. The highest BCUT2D eigenvalue weighted by atomic mass is 16.4. The number of benzene rings is 1. The van der Waals surface area contributed by atoms with Gasteiger partial charge in [-0.15, -0.1) is 5.10 Å². The van der Waals surface area contributed by atoms with Crippen molar-refractivity contribution in [3.05, 3.63) is 71.7 Å². The average molecular weight is 470 g/mol. The van der Waals surface area contributed by atoms with E-state index in [1.54, 1.807) is 10.9 Å². The van der Waals surface area contributed by atoms with Gasteiger partial charge in [0, 0.05) is 16.7 Å². The van der Waals surface area contributed by atoms with E-state index in [-0.39, 0.29) is 17.8 Å². The standard InChI is InChI=1S/C26H27N7O2/c1-17-6-4-7-18(12-17)20-13-21(30-25(27)29-20)22-16-33(32-31-22)15-19-8-5-9-23(28-19)26(14-24(34)35)10-2-3-11-26/h4-9,12-13,16H,2-3,10-11,14-15H2,1H3,(H,34,35)(H2,27,29,30). The predicted octanol–water partition coefficient (Wildman–Crippen LogP) is 4.02. The molecule has 3 heterocycles. The Morgan fingerprint density at radius 3 is 2.57 bits per heavy atom. The lowest BCUT2D eigenvalue weighted by molar-refractivity contribution is -0.138. The van der Waals surface area contributed by atoms with Crippen molar-refractivity contribution in [3.63, 3.8) is 0 Å². The van der Waals surface area contributed by atoms with Gasteiger partial charge in [0.15, 0.2) is 0 Å². The number of hydrogen-bond donors (Lipinski definition) is 2. The minimum absolute atomic E-state index is 0.106. The SMILES string of the molecule is Cc1cccc(-c2cc(-c3cn(Cc4cccc(C5(CC(=O)O)CCCC5)n4)nn3)nc(N)n2)c1. The number of anilines is 1. The maximum atomic E-state index is 11.5. The smallest absolute Gasteiger partial charge is 0.304 e. The van der Waals surface area contributed by atoms with E-state index >= 15 is 0 Å². The third-order valence-electron chi connectivity index (χ3n) is 6.58. The number of aromatic nitrogens is 6. The number of nitrogen functional groups attached to an aromatic ring is 1. The molecule has 9 nitrogen and oxygen atoms in total. The van der Waals surface area contributed by atoms with Crippen molar-refractivity contribution in [1.29, 1.82) is 0 Å². The zero-order chi connectivity index (χ0) is 24.4. The van der Waals surface area contributed by atoms with Crippen molar-refractivity contribution in [3.8, 4) is 22.6 Å². The van der Waals surface area contributed by atoms with E-state index < -0.39 is 5.97 Å². The zero-order valence-corrected chi connectivity index (χ0v) is 19.6. The molecule has 0 aliphatic heterocycles. The van der Waals surface area contributed by atoms with Gasteiger partial charge in [-0.2, -0.15) is 0 Å². The van der Waals surface area contributed by atoms with Crippen LogP contribution in [-0.2, 0) is 16.8 Å². The number of nitrogens with zero attached hydrogens (tertiary/aromatic N) is 6. The van der Waals surface area contributed by atoms with Crippen LogP contribution in [0.3, 0.4) is 0 Å². The van der Waals surface area contributed by atoms with Crippen molar-refractivity contribution in [1.82, 2.24) is 29.9 Å². The number of aliphatic carboxylic acids is 1.